The molecule has 0 spiro atoms. The first-order valence-corrected chi connectivity index (χ1v) is 12.7. The van der Waals surface area contributed by atoms with E-state index in [1.807, 2.05) is 37.3 Å². The molecular formula is C26H34N6O6. The molecule has 0 unspecified atom stereocenters. The second-order valence-electron chi connectivity index (χ2n) is 8.72. The Morgan fingerprint density at radius 3 is 2.34 bits per heavy atom. The molecule has 2 heterocycles. The molecule has 0 saturated carbocycles. The molecule has 1 aromatic carbocycles. The van der Waals surface area contributed by atoms with Crippen LogP contribution in [0.25, 0.3) is 11.4 Å². The molecule has 1 atom stereocenters. The Labute approximate surface area is 221 Å². The maximum absolute atomic E-state index is 13.3. The average Bonchev–Trinajstić information content (AvgIpc) is 2.94. The number of aromatic nitrogens is 2. The number of piperazine rings is 1. The van der Waals surface area contributed by atoms with Gasteiger partial charge in [0.05, 0.1) is 6.61 Å². The van der Waals surface area contributed by atoms with Gasteiger partial charge in [0.1, 0.15) is 17.6 Å². The maximum atomic E-state index is 13.3. The summed E-state index contributed by atoms with van der Waals surface area (Å²) in [5.74, 6) is -1.29. The van der Waals surface area contributed by atoms with E-state index in [-0.39, 0.29) is 51.3 Å². The number of hydrogen-bond donors (Lipinski definition) is 3. The van der Waals surface area contributed by atoms with Crippen LogP contribution < -0.4 is 10.6 Å². The van der Waals surface area contributed by atoms with Crippen molar-refractivity contribution in [2.75, 3.05) is 44.6 Å². The van der Waals surface area contributed by atoms with Crippen LogP contribution in [0, 0.1) is 0 Å². The quantitative estimate of drug-likeness (QED) is 0.400. The fourth-order valence-corrected chi connectivity index (χ4v) is 3.93. The summed E-state index contributed by atoms with van der Waals surface area (Å²) in [5, 5.41) is 15.1. The summed E-state index contributed by atoms with van der Waals surface area (Å²) in [5.41, 5.74) is 0.775. The SMILES string of the molecule is CCCNc1cc(C(=O)N[C@@H](CCC(=O)O)C(=O)N2CCN(C(=O)OCC)CC2)nc(-c2ccccc2)n1. The summed E-state index contributed by atoms with van der Waals surface area (Å²) in [7, 11) is 0. The number of carboxylic acid groups (broad SMARTS) is 1. The summed E-state index contributed by atoms with van der Waals surface area (Å²) in [6, 6.07) is 9.64. The molecule has 1 aliphatic rings. The van der Waals surface area contributed by atoms with Gasteiger partial charge in [-0.1, -0.05) is 37.3 Å². The van der Waals surface area contributed by atoms with Crippen LogP contribution in [0.1, 0.15) is 43.6 Å². The molecule has 1 fully saturated rings. The summed E-state index contributed by atoms with van der Waals surface area (Å²) in [4.78, 5) is 61.8. The van der Waals surface area contributed by atoms with Crippen LogP contribution in [-0.2, 0) is 14.3 Å². The zero-order valence-electron chi connectivity index (χ0n) is 21.7. The van der Waals surface area contributed by atoms with Crippen molar-refractivity contribution < 1.29 is 29.0 Å². The number of carbonyl (C=O) groups excluding carboxylic acids is 3. The first-order valence-electron chi connectivity index (χ1n) is 12.7. The summed E-state index contributed by atoms with van der Waals surface area (Å²) >= 11 is 0. The number of nitrogens with one attached hydrogen (secondary N) is 2. The smallest absolute Gasteiger partial charge is 0.409 e. The second kappa shape index (κ2) is 13.9. The van der Waals surface area contributed by atoms with Gasteiger partial charge in [-0.05, 0) is 19.8 Å². The van der Waals surface area contributed by atoms with Gasteiger partial charge in [0.25, 0.3) is 5.91 Å². The highest BCUT2D eigenvalue weighted by molar-refractivity contribution is 5.97. The average molecular weight is 527 g/mol. The third-order valence-corrected chi connectivity index (χ3v) is 5.91. The number of aliphatic carboxylic acids is 1. The fourth-order valence-electron chi connectivity index (χ4n) is 3.93. The predicted octanol–water partition coefficient (Wildman–Crippen LogP) is 2.23. The van der Waals surface area contributed by atoms with Gasteiger partial charge in [-0.2, -0.15) is 0 Å². The van der Waals surface area contributed by atoms with Crippen LogP contribution >= 0.6 is 0 Å². The Balaban J connectivity index is 1.78. The number of ether oxygens (including phenoxy) is 1. The van der Waals surface area contributed by atoms with Gasteiger partial charge in [-0.15, -0.1) is 0 Å². The van der Waals surface area contributed by atoms with E-state index in [9.17, 15) is 24.3 Å². The molecular weight excluding hydrogens is 492 g/mol. The van der Waals surface area contributed by atoms with Crippen LogP contribution in [0.3, 0.4) is 0 Å². The van der Waals surface area contributed by atoms with Gasteiger partial charge in [0.2, 0.25) is 5.91 Å². The van der Waals surface area contributed by atoms with Gasteiger partial charge in [0, 0.05) is 50.8 Å². The molecule has 0 aliphatic carbocycles. The van der Waals surface area contributed by atoms with Crippen LogP contribution in [-0.4, -0.2) is 94.1 Å². The van der Waals surface area contributed by atoms with Crippen LogP contribution in [0.15, 0.2) is 36.4 Å². The van der Waals surface area contributed by atoms with Crippen molar-refractivity contribution >= 4 is 29.7 Å². The number of hydrogen-bond acceptors (Lipinski definition) is 8. The third kappa shape index (κ3) is 7.89. The summed E-state index contributed by atoms with van der Waals surface area (Å²) in [6.45, 7) is 5.67. The zero-order valence-corrected chi connectivity index (χ0v) is 21.7. The van der Waals surface area contributed by atoms with Gasteiger partial charge in [0.15, 0.2) is 5.82 Å². The van der Waals surface area contributed by atoms with Crippen molar-refractivity contribution in [1.82, 2.24) is 25.1 Å². The molecule has 3 rings (SSSR count). The lowest BCUT2D eigenvalue weighted by Crippen LogP contribution is -2.56. The Kier molecular flexibility index (Phi) is 10.4. The number of nitrogens with zero attached hydrogens (tertiary/aromatic N) is 4. The number of amides is 3. The maximum Gasteiger partial charge on any atom is 0.409 e. The minimum Gasteiger partial charge on any atom is -0.481 e. The summed E-state index contributed by atoms with van der Waals surface area (Å²) in [6.07, 6.45) is 0.0134. The van der Waals surface area contributed by atoms with Crippen LogP contribution in [0.4, 0.5) is 10.6 Å². The van der Waals surface area contributed by atoms with Crippen LogP contribution in [0.5, 0.6) is 0 Å². The lowest BCUT2D eigenvalue weighted by atomic mass is 10.1. The molecule has 3 amide bonds. The Bertz CT molecular complexity index is 1120. The number of rotatable bonds is 11. The first-order chi connectivity index (χ1) is 18.3. The first kappa shape index (κ1) is 28.4. The lowest BCUT2D eigenvalue weighted by Gasteiger charge is -2.35. The highest BCUT2D eigenvalue weighted by Crippen LogP contribution is 2.18. The molecule has 204 valence electrons. The Hall–Kier alpha value is -4.22. The number of carboxylic acids is 1. The van der Waals surface area contributed by atoms with Crippen molar-refractivity contribution in [2.24, 2.45) is 0 Å². The van der Waals surface area contributed by atoms with E-state index in [1.165, 1.54) is 15.9 Å². The molecule has 1 aromatic heterocycles. The van der Waals surface area contributed by atoms with E-state index in [1.54, 1.807) is 6.92 Å². The highest BCUT2D eigenvalue weighted by Gasteiger charge is 2.31. The molecule has 1 saturated heterocycles. The molecule has 1 aliphatic heterocycles. The minimum absolute atomic E-state index is 0.0534. The molecule has 0 radical (unpaired) electrons. The molecule has 12 heteroatoms. The minimum atomic E-state index is -1.08. The molecule has 38 heavy (non-hydrogen) atoms. The van der Waals surface area contributed by atoms with E-state index in [4.69, 9.17) is 4.74 Å². The van der Waals surface area contributed by atoms with E-state index >= 15 is 0 Å². The van der Waals surface area contributed by atoms with Gasteiger partial charge in [-0.25, -0.2) is 14.8 Å². The standard InChI is InChI=1S/C26H34N6O6/c1-3-12-27-21-17-20(28-23(30-21)18-8-6-5-7-9-18)24(35)29-19(10-11-22(33)34)25(36)31-13-15-32(16-14-31)26(37)38-4-2/h5-9,17,19H,3-4,10-16H2,1-2H3,(H,29,35)(H,33,34)(H,27,28,30)/t19-/m0/s1. The number of benzene rings is 1. The molecule has 2 aromatic rings. The fraction of sp³-hybridized carbons (Fsp3) is 0.462. The van der Waals surface area contributed by atoms with Crippen molar-refractivity contribution in [3.63, 3.8) is 0 Å². The van der Waals surface area contributed by atoms with E-state index in [2.05, 4.69) is 20.6 Å². The number of carbonyl (C=O) groups is 4. The molecule has 3 N–H and O–H groups in total. The van der Waals surface area contributed by atoms with Crippen molar-refractivity contribution in [3.05, 3.63) is 42.1 Å². The van der Waals surface area contributed by atoms with Crippen molar-refractivity contribution in [3.8, 4) is 11.4 Å². The van der Waals surface area contributed by atoms with E-state index in [0.717, 1.165) is 12.0 Å². The van der Waals surface area contributed by atoms with Gasteiger partial charge < -0.3 is 30.3 Å². The summed E-state index contributed by atoms with van der Waals surface area (Å²) < 4.78 is 5.01. The monoisotopic (exact) mass is 526 g/mol. The van der Waals surface area contributed by atoms with E-state index < -0.39 is 29.9 Å². The third-order valence-electron chi connectivity index (χ3n) is 5.91. The zero-order chi connectivity index (χ0) is 27.5. The second-order valence-corrected chi connectivity index (χ2v) is 8.72. The predicted molar refractivity (Wildman–Crippen MR) is 140 cm³/mol. The largest absolute Gasteiger partial charge is 0.481 e. The van der Waals surface area contributed by atoms with Crippen molar-refractivity contribution in [2.45, 2.75) is 39.2 Å². The normalized spacial score (nSPS) is 13.9. The molecule has 12 nitrogen and oxygen atoms in total. The Morgan fingerprint density at radius 2 is 1.71 bits per heavy atom. The van der Waals surface area contributed by atoms with E-state index in [0.29, 0.717) is 18.2 Å². The highest BCUT2D eigenvalue weighted by atomic mass is 16.6. The lowest BCUT2D eigenvalue weighted by molar-refractivity contribution is -0.138. The van der Waals surface area contributed by atoms with Gasteiger partial charge in [-0.3, -0.25) is 14.4 Å². The van der Waals surface area contributed by atoms with Crippen molar-refractivity contribution in [1.29, 1.82) is 0 Å². The van der Waals surface area contributed by atoms with Gasteiger partial charge >= 0.3 is 12.1 Å². The van der Waals surface area contributed by atoms with Crippen LogP contribution in [0.2, 0.25) is 0 Å². The number of anilines is 1. The Morgan fingerprint density at radius 1 is 1.03 bits per heavy atom. The molecule has 0 bridgehead atoms. The topological polar surface area (TPSA) is 154 Å².